The van der Waals surface area contributed by atoms with Crippen molar-refractivity contribution in [2.75, 3.05) is 39.4 Å². The molecule has 0 aromatic heterocycles. The highest BCUT2D eigenvalue weighted by Crippen LogP contribution is 2.40. The minimum atomic E-state index is -0.380. The Kier molecular flexibility index (Phi) is 6.26. The maximum Gasteiger partial charge on any atom is 0.313 e. The molecule has 0 spiro atoms. The average Bonchev–Trinajstić information content (AvgIpc) is 2.76. The molecule has 3 rings (SSSR count). The molecule has 1 heterocycles. The highest BCUT2D eigenvalue weighted by molar-refractivity contribution is 6.08. The van der Waals surface area contributed by atoms with Gasteiger partial charge in [-0.15, -0.1) is 0 Å². The number of esters is 1. The zero-order chi connectivity index (χ0) is 21.0. The SMILES string of the molecule is CCOC(=O)[C@H]1CCN(C(=O)c2cc(OC)c(OC)c(OC)c2)c2ccccc21. The summed E-state index contributed by atoms with van der Waals surface area (Å²) in [6.45, 7) is 2.51. The van der Waals surface area contributed by atoms with Crippen LogP contribution in [0.2, 0.25) is 0 Å². The molecular weight excluding hydrogens is 374 g/mol. The predicted octanol–water partition coefficient (Wildman–Crippen LogP) is 3.41. The molecule has 0 unspecified atom stereocenters. The number of anilines is 1. The van der Waals surface area contributed by atoms with Gasteiger partial charge in [-0.1, -0.05) is 18.2 Å². The molecular formula is C22H25NO6. The minimum Gasteiger partial charge on any atom is -0.493 e. The first-order chi connectivity index (χ1) is 14.0. The molecule has 2 aromatic rings. The molecule has 0 saturated heterocycles. The number of hydrogen-bond acceptors (Lipinski definition) is 6. The van der Waals surface area contributed by atoms with Gasteiger partial charge in [0.2, 0.25) is 5.75 Å². The van der Waals surface area contributed by atoms with Crippen molar-refractivity contribution >= 4 is 17.6 Å². The van der Waals surface area contributed by atoms with Crippen LogP contribution < -0.4 is 19.1 Å². The van der Waals surface area contributed by atoms with E-state index in [9.17, 15) is 9.59 Å². The van der Waals surface area contributed by atoms with Crippen molar-refractivity contribution in [2.45, 2.75) is 19.3 Å². The number of rotatable bonds is 6. The molecule has 0 aliphatic carbocycles. The molecule has 154 valence electrons. The van der Waals surface area contributed by atoms with E-state index in [4.69, 9.17) is 18.9 Å². The molecule has 0 N–H and O–H groups in total. The number of carbonyl (C=O) groups is 2. The highest BCUT2D eigenvalue weighted by Gasteiger charge is 2.34. The fraction of sp³-hybridized carbons (Fsp3) is 0.364. The van der Waals surface area contributed by atoms with Crippen LogP contribution in [0.1, 0.15) is 35.2 Å². The second-order valence-corrected chi connectivity index (χ2v) is 6.52. The van der Waals surface area contributed by atoms with Gasteiger partial charge in [0.15, 0.2) is 11.5 Å². The smallest absolute Gasteiger partial charge is 0.313 e. The van der Waals surface area contributed by atoms with Gasteiger partial charge >= 0.3 is 5.97 Å². The van der Waals surface area contributed by atoms with Gasteiger partial charge in [0.25, 0.3) is 5.91 Å². The van der Waals surface area contributed by atoms with Gasteiger partial charge in [0.1, 0.15) is 0 Å². The Morgan fingerprint density at radius 2 is 1.69 bits per heavy atom. The molecule has 7 nitrogen and oxygen atoms in total. The monoisotopic (exact) mass is 399 g/mol. The van der Waals surface area contributed by atoms with Crippen LogP contribution in [-0.4, -0.2) is 46.4 Å². The van der Waals surface area contributed by atoms with Gasteiger partial charge in [0, 0.05) is 17.8 Å². The Morgan fingerprint density at radius 3 is 2.28 bits per heavy atom. The second-order valence-electron chi connectivity index (χ2n) is 6.52. The molecule has 0 radical (unpaired) electrons. The van der Waals surface area contributed by atoms with E-state index in [0.29, 0.717) is 48.1 Å². The highest BCUT2D eigenvalue weighted by atomic mass is 16.5. The first kappa shape index (κ1) is 20.5. The van der Waals surface area contributed by atoms with Gasteiger partial charge in [-0.3, -0.25) is 9.59 Å². The number of carbonyl (C=O) groups excluding carboxylic acids is 2. The van der Waals surface area contributed by atoms with Crippen LogP contribution in [0.25, 0.3) is 0 Å². The number of benzene rings is 2. The summed E-state index contributed by atoms with van der Waals surface area (Å²) in [4.78, 5) is 27.4. The maximum atomic E-state index is 13.4. The third-order valence-electron chi connectivity index (χ3n) is 4.97. The third-order valence-corrected chi connectivity index (χ3v) is 4.97. The lowest BCUT2D eigenvalue weighted by Crippen LogP contribution is -2.38. The van der Waals surface area contributed by atoms with Crippen molar-refractivity contribution in [3.8, 4) is 17.2 Å². The molecule has 0 fully saturated rings. The lowest BCUT2D eigenvalue weighted by atomic mass is 9.89. The maximum absolute atomic E-state index is 13.4. The van der Waals surface area contributed by atoms with E-state index >= 15 is 0 Å². The Hall–Kier alpha value is -3.22. The normalized spacial score (nSPS) is 15.3. The van der Waals surface area contributed by atoms with Gasteiger partial charge in [-0.05, 0) is 37.1 Å². The number of nitrogens with zero attached hydrogens (tertiary/aromatic N) is 1. The van der Waals surface area contributed by atoms with Gasteiger partial charge in [-0.25, -0.2) is 0 Å². The first-order valence-corrected chi connectivity index (χ1v) is 9.43. The summed E-state index contributed by atoms with van der Waals surface area (Å²) in [7, 11) is 4.52. The molecule has 2 aromatic carbocycles. The summed E-state index contributed by atoms with van der Waals surface area (Å²) in [6.07, 6.45) is 0.492. The quantitative estimate of drug-likeness (QED) is 0.693. The van der Waals surface area contributed by atoms with Crippen LogP contribution in [0.15, 0.2) is 36.4 Å². The van der Waals surface area contributed by atoms with E-state index in [0.717, 1.165) is 5.56 Å². The summed E-state index contributed by atoms with van der Waals surface area (Å²) in [5.74, 6) is 0.386. The van der Waals surface area contributed by atoms with Gasteiger partial charge in [0.05, 0.1) is 33.9 Å². The standard InChI is InChI=1S/C22H25NO6/c1-5-29-22(25)16-10-11-23(17-9-7-6-8-15(16)17)21(24)14-12-18(26-2)20(28-4)19(13-14)27-3/h6-9,12-13,16H,5,10-11H2,1-4H3/t16-/m0/s1. The summed E-state index contributed by atoms with van der Waals surface area (Å²) in [5.41, 5.74) is 1.90. The zero-order valence-electron chi connectivity index (χ0n) is 17.1. The number of fused-ring (bicyclic) bond motifs is 1. The Balaban J connectivity index is 2.00. The number of amides is 1. The molecule has 29 heavy (non-hydrogen) atoms. The minimum absolute atomic E-state index is 0.209. The second kappa shape index (κ2) is 8.86. The molecule has 1 amide bonds. The number of ether oxygens (including phenoxy) is 4. The zero-order valence-corrected chi connectivity index (χ0v) is 17.1. The fourth-order valence-corrected chi connectivity index (χ4v) is 3.62. The average molecular weight is 399 g/mol. The van der Waals surface area contributed by atoms with Crippen molar-refractivity contribution in [1.82, 2.24) is 0 Å². The van der Waals surface area contributed by atoms with E-state index in [-0.39, 0.29) is 17.8 Å². The van der Waals surface area contributed by atoms with E-state index in [1.807, 2.05) is 24.3 Å². The largest absolute Gasteiger partial charge is 0.493 e. The number of methoxy groups -OCH3 is 3. The number of hydrogen-bond donors (Lipinski definition) is 0. The van der Waals surface area contributed by atoms with Crippen molar-refractivity contribution in [2.24, 2.45) is 0 Å². The van der Waals surface area contributed by atoms with Gasteiger partial charge in [-0.2, -0.15) is 0 Å². The van der Waals surface area contributed by atoms with Crippen LogP contribution in [-0.2, 0) is 9.53 Å². The van der Waals surface area contributed by atoms with Crippen LogP contribution in [0.3, 0.4) is 0 Å². The van der Waals surface area contributed by atoms with Crippen molar-refractivity contribution < 1.29 is 28.5 Å². The van der Waals surface area contributed by atoms with E-state index < -0.39 is 0 Å². The lowest BCUT2D eigenvalue weighted by molar-refractivity contribution is -0.145. The molecule has 1 aliphatic heterocycles. The Labute approximate surface area is 170 Å². The van der Waals surface area contributed by atoms with Crippen LogP contribution in [0, 0.1) is 0 Å². The number of para-hydroxylation sites is 1. The summed E-state index contributed by atoms with van der Waals surface area (Å²) >= 11 is 0. The molecule has 0 saturated carbocycles. The van der Waals surface area contributed by atoms with Crippen molar-refractivity contribution in [3.63, 3.8) is 0 Å². The van der Waals surface area contributed by atoms with E-state index in [1.165, 1.54) is 21.3 Å². The third kappa shape index (κ3) is 3.85. The summed E-state index contributed by atoms with van der Waals surface area (Å²) in [5, 5.41) is 0. The molecule has 0 bridgehead atoms. The molecule has 1 aliphatic rings. The molecule has 1 atom stereocenters. The fourth-order valence-electron chi connectivity index (χ4n) is 3.62. The predicted molar refractivity (Wildman–Crippen MR) is 108 cm³/mol. The van der Waals surface area contributed by atoms with Crippen LogP contribution >= 0.6 is 0 Å². The van der Waals surface area contributed by atoms with E-state index in [1.54, 1.807) is 24.0 Å². The first-order valence-electron chi connectivity index (χ1n) is 9.43. The molecule has 7 heteroatoms. The van der Waals surface area contributed by atoms with Crippen molar-refractivity contribution in [3.05, 3.63) is 47.5 Å². The topological polar surface area (TPSA) is 74.3 Å². The van der Waals surface area contributed by atoms with Crippen LogP contribution in [0.5, 0.6) is 17.2 Å². The Bertz CT molecular complexity index is 885. The van der Waals surface area contributed by atoms with Crippen molar-refractivity contribution in [1.29, 1.82) is 0 Å². The lowest BCUT2D eigenvalue weighted by Gasteiger charge is -2.33. The van der Waals surface area contributed by atoms with Gasteiger partial charge < -0.3 is 23.8 Å². The Morgan fingerprint density at radius 1 is 1.03 bits per heavy atom. The van der Waals surface area contributed by atoms with Crippen LogP contribution in [0.4, 0.5) is 5.69 Å². The summed E-state index contributed by atoms with van der Waals surface area (Å²) < 4.78 is 21.3. The van der Waals surface area contributed by atoms with E-state index in [2.05, 4.69) is 0 Å². The summed E-state index contributed by atoms with van der Waals surface area (Å²) in [6, 6.07) is 10.7.